The Morgan fingerprint density at radius 2 is 1.82 bits per heavy atom. The third-order valence-electron chi connectivity index (χ3n) is 5.12. The highest BCUT2D eigenvalue weighted by Gasteiger charge is 2.22. The highest BCUT2D eigenvalue weighted by atomic mass is 32.2. The first kappa shape index (κ1) is 22.8. The molecule has 0 saturated carbocycles. The van der Waals surface area contributed by atoms with Crippen LogP contribution >= 0.6 is 0 Å². The molecule has 0 fully saturated rings. The molecule has 9 heteroatoms. The fraction of sp³-hybridized carbons (Fsp3) is 0.125. The van der Waals surface area contributed by atoms with E-state index in [1.54, 1.807) is 12.3 Å². The normalized spacial score (nSPS) is 12.1. The number of rotatable bonds is 8. The maximum Gasteiger partial charge on any atom is 0.231 e. The van der Waals surface area contributed by atoms with E-state index in [2.05, 4.69) is 14.7 Å². The quantitative estimate of drug-likeness (QED) is 0.227. The number of carbonyl (C=O) groups is 1. The molecule has 33 heavy (non-hydrogen) atoms. The maximum atomic E-state index is 15.0. The fourth-order valence-corrected chi connectivity index (χ4v) is 3.80. The number of ketones is 1. The van der Waals surface area contributed by atoms with E-state index in [-0.39, 0.29) is 24.1 Å². The molecule has 0 amide bonds. The number of hydrogen-bond donors (Lipinski definition) is 2. The van der Waals surface area contributed by atoms with Crippen LogP contribution in [0.5, 0.6) is 0 Å². The highest BCUT2D eigenvalue weighted by Crippen LogP contribution is 2.24. The van der Waals surface area contributed by atoms with Crippen LogP contribution in [0.3, 0.4) is 0 Å². The van der Waals surface area contributed by atoms with Gasteiger partial charge in [0, 0.05) is 17.7 Å². The second-order valence-electron chi connectivity index (χ2n) is 7.30. The molecule has 2 N–H and O–H groups in total. The molecule has 0 radical (unpaired) electrons. The van der Waals surface area contributed by atoms with Crippen LogP contribution < -0.4 is 4.72 Å². The summed E-state index contributed by atoms with van der Waals surface area (Å²) in [7, 11) is 0. The van der Waals surface area contributed by atoms with Crippen molar-refractivity contribution in [3.05, 3.63) is 95.2 Å². The lowest BCUT2D eigenvalue weighted by Crippen LogP contribution is -2.18. The zero-order chi connectivity index (χ0) is 23.4. The molecule has 4 aromatic rings. The third-order valence-corrected chi connectivity index (χ3v) is 5.57. The predicted molar refractivity (Wildman–Crippen MR) is 122 cm³/mol. The Balaban J connectivity index is 1.65. The Labute approximate surface area is 191 Å². The summed E-state index contributed by atoms with van der Waals surface area (Å²) in [5, 5.41) is 0. The molecule has 0 spiro atoms. The van der Waals surface area contributed by atoms with Gasteiger partial charge in [-0.05, 0) is 42.7 Å². The number of nitrogens with zero attached hydrogens (tertiary/aromatic N) is 2. The smallest absolute Gasteiger partial charge is 0.231 e. The van der Waals surface area contributed by atoms with Gasteiger partial charge in [-0.25, -0.2) is 22.7 Å². The minimum Gasteiger partial charge on any atom is -0.294 e. The summed E-state index contributed by atoms with van der Waals surface area (Å²) in [5.74, 6) is -2.69. The van der Waals surface area contributed by atoms with E-state index in [1.807, 2.05) is 30.3 Å². The third kappa shape index (κ3) is 5.16. The van der Waals surface area contributed by atoms with Crippen molar-refractivity contribution in [2.75, 3.05) is 6.54 Å². The van der Waals surface area contributed by atoms with Gasteiger partial charge in [0.05, 0.1) is 28.5 Å². The van der Waals surface area contributed by atoms with E-state index >= 15 is 4.39 Å². The number of nitrogens with one attached hydrogen (secondary N) is 1. The molecule has 3 aromatic carbocycles. The summed E-state index contributed by atoms with van der Waals surface area (Å²) in [4.78, 5) is 22.0. The number of hydrogen-bond acceptors (Lipinski definition) is 4. The van der Waals surface area contributed by atoms with Crippen LogP contribution in [0.25, 0.3) is 22.3 Å². The van der Waals surface area contributed by atoms with Crippen molar-refractivity contribution in [2.24, 2.45) is 0 Å². The van der Waals surface area contributed by atoms with Crippen LogP contribution in [0.1, 0.15) is 27.9 Å². The first-order valence-corrected chi connectivity index (χ1v) is 11.2. The van der Waals surface area contributed by atoms with Crippen molar-refractivity contribution < 1.29 is 22.3 Å². The van der Waals surface area contributed by atoms with Crippen LogP contribution in [-0.2, 0) is 17.7 Å². The minimum absolute atomic E-state index is 0.0919. The standard InChI is InChI=1S/C24H19F2N3O3S/c25-18-10-8-16(7-4-12-28-33(31)32)23(26)22(18)24(30)17-9-11-19-20(13-17)29-21(14-27-19)15-5-2-1-3-6-15/h1-3,5-6,8-11,13-14,28H,4,7,12H2,(H,31,32). The van der Waals surface area contributed by atoms with E-state index in [9.17, 15) is 13.4 Å². The van der Waals surface area contributed by atoms with Gasteiger partial charge in [0.1, 0.15) is 11.6 Å². The van der Waals surface area contributed by atoms with Gasteiger partial charge in [0.2, 0.25) is 11.3 Å². The average Bonchev–Trinajstić information content (AvgIpc) is 2.82. The Morgan fingerprint density at radius 1 is 1.03 bits per heavy atom. The van der Waals surface area contributed by atoms with Crippen LogP contribution in [0.15, 0.2) is 66.9 Å². The van der Waals surface area contributed by atoms with E-state index in [4.69, 9.17) is 4.55 Å². The van der Waals surface area contributed by atoms with Crippen molar-refractivity contribution >= 4 is 28.1 Å². The summed E-state index contributed by atoms with van der Waals surface area (Å²) in [6.07, 6.45) is 2.12. The van der Waals surface area contributed by atoms with Gasteiger partial charge >= 0.3 is 0 Å². The summed E-state index contributed by atoms with van der Waals surface area (Å²) in [5.41, 5.74) is 2.05. The first-order valence-electron chi connectivity index (χ1n) is 10.1. The Morgan fingerprint density at radius 3 is 2.58 bits per heavy atom. The highest BCUT2D eigenvalue weighted by molar-refractivity contribution is 7.77. The Bertz CT molecular complexity index is 1350. The molecule has 168 valence electrons. The van der Waals surface area contributed by atoms with Crippen molar-refractivity contribution in [1.29, 1.82) is 0 Å². The lowest BCUT2D eigenvalue weighted by molar-refractivity contribution is 0.103. The number of aromatic nitrogens is 2. The molecular weight excluding hydrogens is 448 g/mol. The molecule has 0 bridgehead atoms. The zero-order valence-corrected chi connectivity index (χ0v) is 18.1. The number of carbonyl (C=O) groups excluding carboxylic acids is 1. The van der Waals surface area contributed by atoms with Crippen LogP contribution in [0, 0.1) is 11.6 Å². The van der Waals surface area contributed by atoms with Crippen molar-refractivity contribution in [3.8, 4) is 11.3 Å². The second kappa shape index (κ2) is 10.0. The molecule has 1 aromatic heterocycles. The van der Waals surface area contributed by atoms with Crippen molar-refractivity contribution in [3.63, 3.8) is 0 Å². The lowest BCUT2D eigenvalue weighted by Gasteiger charge is -2.10. The summed E-state index contributed by atoms with van der Waals surface area (Å²) in [6.45, 7) is 0.163. The minimum atomic E-state index is -2.16. The number of fused-ring (bicyclic) bond motifs is 1. The van der Waals surface area contributed by atoms with E-state index in [1.165, 1.54) is 18.2 Å². The molecule has 1 unspecified atom stereocenters. The molecule has 0 aliphatic carbocycles. The van der Waals surface area contributed by atoms with Crippen LogP contribution in [-0.4, -0.2) is 31.1 Å². The van der Waals surface area contributed by atoms with Gasteiger partial charge < -0.3 is 0 Å². The summed E-state index contributed by atoms with van der Waals surface area (Å²) < 4.78 is 51.2. The van der Waals surface area contributed by atoms with Gasteiger partial charge in [-0.3, -0.25) is 14.3 Å². The second-order valence-corrected chi connectivity index (χ2v) is 8.08. The predicted octanol–water partition coefficient (Wildman–Crippen LogP) is 4.46. The summed E-state index contributed by atoms with van der Waals surface area (Å²) >= 11 is -2.16. The molecule has 0 aliphatic heterocycles. The van der Waals surface area contributed by atoms with Gasteiger partial charge in [0.25, 0.3) is 0 Å². The molecule has 1 atom stereocenters. The fourth-order valence-electron chi connectivity index (χ4n) is 3.48. The van der Waals surface area contributed by atoms with Gasteiger partial charge in [0.15, 0.2) is 5.78 Å². The number of halogens is 2. The summed E-state index contributed by atoms with van der Waals surface area (Å²) in [6, 6.07) is 16.3. The Kier molecular flexibility index (Phi) is 6.93. The topological polar surface area (TPSA) is 92.2 Å². The van der Waals surface area contributed by atoms with Crippen LogP contribution in [0.2, 0.25) is 0 Å². The molecule has 4 rings (SSSR count). The van der Waals surface area contributed by atoms with Gasteiger partial charge in [-0.2, -0.15) is 0 Å². The first-order chi connectivity index (χ1) is 15.9. The number of benzene rings is 3. The van der Waals surface area contributed by atoms with E-state index in [0.717, 1.165) is 11.6 Å². The SMILES string of the molecule is O=C(c1ccc2ncc(-c3ccccc3)nc2c1)c1c(F)ccc(CCCNS(=O)O)c1F. The molecule has 1 heterocycles. The Hall–Kier alpha value is -3.40. The van der Waals surface area contributed by atoms with Crippen molar-refractivity contribution in [1.82, 2.24) is 14.7 Å². The number of aryl methyl sites for hydroxylation is 1. The van der Waals surface area contributed by atoms with E-state index in [0.29, 0.717) is 23.1 Å². The largest absolute Gasteiger partial charge is 0.294 e. The van der Waals surface area contributed by atoms with Crippen molar-refractivity contribution in [2.45, 2.75) is 12.8 Å². The lowest BCUT2D eigenvalue weighted by atomic mass is 9.97. The molecular formula is C24H19F2N3O3S. The average molecular weight is 467 g/mol. The maximum absolute atomic E-state index is 15.0. The van der Waals surface area contributed by atoms with E-state index < -0.39 is 34.2 Å². The zero-order valence-electron chi connectivity index (χ0n) is 17.3. The van der Waals surface area contributed by atoms with Crippen LogP contribution in [0.4, 0.5) is 8.78 Å². The van der Waals surface area contributed by atoms with Gasteiger partial charge in [-0.15, -0.1) is 0 Å². The monoisotopic (exact) mass is 467 g/mol. The molecule has 0 saturated heterocycles. The molecule has 0 aliphatic rings. The van der Waals surface area contributed by atoms with Gasteiger partial charge in [-0.1, -0.05) is 36.4 Å². The molecule has 6 nitrogen and oxygen atoms in total.